The second-order valence-corrected chi connectivity index (χ2v) is 8.31. The molecule has 0 atom stereocenters. The molecule has 2 heterocycles. The number of nitrogens with zero attached hydrogens (tertiary/aromatic N) is 3. The Labute approximate surface area is 178 Å². The zero-order valence-corrected chi connectivity index (χ0v) is 17.6. The van der Waals surface area contributed by atoms with E-state index in [9.17, 15) is 4.79 Å². The van der Waals surface area contributed by atoms with E-state index in [1.807, 2.05) is 47.3 Å². The second-order valence-electron chi connectivity index (χ2n) is 8.31. The molecule has 0 radical (unpaired) electrons. The third-order valence-electron chi connectivity index (χ3n) is 5.95. The van der Waals surface area contributed by atoms with Crippen molar-refractivity contribution in [2.24, 2.45) is 5.92 Å². The molecule has 5 heteroatoms. The largest absolute Gasteiger partial charge is 0.348 e. The third-order valence-corrected chi connectivity index (χ3v) is 5.95. The molecule has 0 saturated carbocycles. The van der Waals surface area contributed by atoms with Crippen LogP contribution >= 0.6 is 0 Å². The van der Waals surface area contributed by atoms with Crippen molar-refractivity contribution >= 4 is 5.91 Å². The number of likely N-dealkylation sites (tertiary alicyclic amines) is 1. The lowest BCUT2D eigenvalue weighted by atomic mass is 9.98. The van der Waals surface area contributed by atoms with Crippen molar-refractivity contribution < 1.29 is 4.79 Å². The molecule has 3 aromatic rings. The molecule has 1 saturated heterocycles. The number of carbonyl (C=O) groups is 1. The fourth-order valence-corrected chi connectivity index (χ4v) is 3.97. The summed E-state index contributed by atoms with van der Waals surface area (Å²) in [5, 5.41) is 7.31. The molecule has 5 nitrogen and oxygen atoms in total. The zero-order valence-electron chi connectivity index (χ0n) is 17.6. The maximum absolute atomic E-state index is 12.6. The lowest BCUT2D eigenvalue weighted by Crippen LogP contribution is -2.33. The van der Waals surface area contributed by atoms with E-state index in [2.05, 4.69) is 40.4 Å². The van der Waals surface area contributed by atoms with Gasteiger partial charge in [0.25, 0.3) is 5.91 Å². The van der Waals surface area contributed by atoms with Crippen molar-refractivity contribution in [3.05, 3.63) is 89.2 Å². The molecule has 0 unspecified atom stereocenters. The van der Waals surface area contributed by atoms with Gasteiger partial charge < -0.3 is 5.32 Å². The van der Waals surface area contributed by atoms with Crippen LogP contribution in [0.25, 0.3) is 0 Å². The van der Waals surface area contributed by atoms with Crippen LogP contribution in [0, 0.1) is 5.92 Å². The monoisotopic (exact) mass is 402 g/mol. The van der Waals surface area contributed by atoms with Crippen molar-refractivity contribution in [3.8, 4) is 0 Å². The van der Waals surface area contributed by atoms with Crippen LogP contribution in [-0.4, -0.2) is 33.7 Å². The predicted molar refractivity (Wildman–Crippen MR) is 119 cm³/mol. The van der Waals surface area contributed by atoms with Gasteiger partial charge in [0, 0.05) is 31.0 Å². The first-order valence-corrected chi connectivity index (χ1v) is 10.8. The Bertz CT molecular complexity index is 942. The number of benzene rings is 2. The van der Waals surface area contributed by atoms with Gasteiger partial charge in [-0.3, -0.25) is 14.4 Å². The van der Waals surface area contributed by atoms with Gasteiger partial charge in [0.1, 0.15) is 0 Å². The summed E-state index contributed by atoms with van der Waals surface area (Å²) in [6, 6.07) is 18.1. The van der Waals surface area contributed by atoms with Crippen LogP contribution in [-0.2, 0) is 19.6 Å². The van der Waals surface area contributed by atoms with Gasteiger partial charge >= 0.3 is 0 Å². The van der Waals surface area contributed by atoms with Crippen LogP contribution in [0.4, 0.5) is 0 Å². The minimum atomic E-state index is -0.0396. The zero-order chi connectivity index (χ0) is 20.8. The van der Waals surface area contributed by atoms with E-state index in [1.54, 1.807) is 6.20 Å². The Morgan fingerprint density at radius 1 is 1.00 bits per heavy atom. The summed E-state index contributed by atoms with van der Waals surface area (Å²) in [6.45, 7) is 6.87. The highest BCUT2D eigenvalue weighted by molar-refractivity contribution is 5.94. The standard InChI is InChI=1S/C25H30N4O/c1-20-11-15-28(16-12-20)19-24-6-3-2-5-23(24)17-26-25(30)22-9-7-21(8-10-22)18-29-14-4-13-27-29/h2-10,13-14,20H,11-12,15-19H2,1H3,(H,26,30). The van der Waals surface area contributed by atoms with Crippen LogP contribution < -0.4 is 5.32 Å². The van der Waals surface area contributed by atoms with Crippen molar-refractivity contribution in [1.82, 2.24) is 20.0 Å². The Morgan fingerprint density at radius 2 is 1.73 bits per heavy atom. The van der Waals surface area contributed by atoms with Crippen LogP contribution in [0.2, 0.25) is 0 Å². The number of amides is 1. The van der Waals surface area contributed by atoms with Gasteiger partial charge in [0.05, 0.1) is 6.54 Å². The molecule has 156 valence electrons. The van der Waals surface area contributed by atoms with Gasteiger partial charge in [0.15, 0.2) is 0 Å². The Kier molecular flexibility index (Phi) is 6.60. The molecule has 1 aliphatic heterocycles. The highest BCUT2D eigenvalue weighted by atomic mass is 16.1. The summed E-state index contributed by atoms with van der Waals surface area (Å²) in [5.41, 5.74) is 4.31. The molecule has 1 aliphatic rings. The predicted octanol–water partition coefficient (Wildman–Crippen LogP) is 4.09. The quantitative estimate of drug-likeness (QED) is 0.647. The SMILES string of the molecule is CC1CCN(Cc2ccccc2CNC(=O)c2ccc(Cn3cccn3)cc2)CC1. The summed E-state index contributed by atoms with van der Waals surface area (Å²) >= 11 is 0. The van der Waals surface area contributed by atoms with E-state index in [1.165, 1.54) is 24.0 Å². The Morgan fingerprint density at radius 3 is 2.43 bits per heavy atom. The number of rotatable bonds is 7. The van der Waals surface area contributed by atoms with Crippen LogP contribution in [0.3, 0.4) is 0 Å². The van der Waals surface area contributed by atoms with Crippen molar-refractivity contribution in [2.75, 3.05) is 13.1 Å². The van der Waals surface area contributed by atoms with Crippen LogP contribution in [0.5, 0.6) is 0 Å². The first-order valence-electron chi connectivity index (χ1n) is 10.8. The maximum atomic E-state index is 12.6. The van der Waals surface area contributed by atoms with Gasteiger partial charge in [-0.1, -0.05) is 43.3 Å². The topological polar surface area (TPSA) is 50.2 Å². The average Bonchev–Trinajstić information content (AvgIpc) is 3.28. The molecular formula is C25H30N4O. The van der Waals surface area contributed by atoms with E-state index in [-0.39, 0.29) is 5.91 Å². The van der Waals surface area contributed by atoms with Gasteiger partial charge in [-0.05, 0) is 66.7 Å². The second kappa shape index (κ2) is 9.72. The lowest BCUT2D eigenvalue weighted by Gasteiger charge is -2.30. The Hall–Kier alpha value is -2.92. The van der Waals surface area contributed by atoms with E-state index in [0.29, 0.717) is 18.7 Å². The molecule has 4 rings (SSSR count). The summed E-state index contributed by atoms with van der Waals surface area (Å²) in [5.74, 6) is 0.795. The van der Waals surface area contributed by atoms with E-state index < -0.39 is 0 Å². The van der Waals surface area contributed by atoms with E-state index >= 15 is 0 Å². The van der Waals surface area contributed by atoms with Gasteiger partial charge in [0.2, 0.25) is 0 Å². The minimum Gasteiger partial charge on any atom is -0.348 e. The molecular weight excluding hydrogens is 372 g/mol. The number of carbonyl (C=O) groups excluding carboxylic acids is 1. The van der Waals surface area contributed by atoms with Crippen LogP contribution in [0.15, 0.2) is 67.0 Å². The molecule has 0 aliphatic carbocycles. The molecule has 2 aromatic carbocycles. The molecule has 1 N–H and O–H groups in total. The number of aromatic nitrogens is 2. The Balaban J connectivity index is 1.33. The number of hydrogen-bond donors (Lipinski definition) is 1. The van der Waals surface area contributed by atoms with E-state index in [4.69, 9.17) is 0 Å². The smallest absolute Gasteiger partial charge is 0.251 e. The van der Waals surface area contributed by atoms with Gasteiger partial charge in [-0.25, -0.2) is 0 Å². The first-order chi connectivity index (χ1) is 14.7. The molecule has 0 bridgehead atoms. The lowest BCUT2D eigenvalue weighted by molar-refractivity contribution is 0.0950. The summed E-state index contributed by atoms with van der Waals surface area (Å²) in [7, 11) is 0. The fraction of sp³-hybridized carbons (Fsp3) is 0.360. The number of nitrogens with one attached hydrogen (secondary N) is 1. The van der Waals surface area contributed by atoms with Crippen molar-refractivity contribution in [2.45, 2.75) is 39.4 Å². The molecule has 1 fully saturated rings. The van der Waals surface area contributed by atoms with Crippen LogP contribution in [0.1, 0.15) is 46.8 Å². The number of hydrogen-bond acceptors (Lipinski definition) is 3. The summed E-state index contributed by atoms with van der Waals surface area (Å²) in [4.78, 5) is 15.2. The maximum Gasteiger partial charge on any atom is 0.251 e. The van der Waals surface area contributed by atoms with Crippen molar-refractivity contribution in [3.63, 3.8) is 0 Å². The molecule has 1 amide bonds. The minimum absolute atomic E-state index is 0.0396. The highest BCUT2D eigenvalue weighted by Gasteiger charge is 2.17. The molecule has 0 spiro atoms. The molecule has 30 heavy (non-hydrogen) atoms. The summed E-state index contributed by atoms with van der Waals surface area (Å²) in [6.07, 6.45) is 6.25. The van der Waals surface area contributed by atoms with Gasteiger partial charge in [-0.2, -0.15) is 5.10 Å². The van der Waals surface area contributed by atoms with E-state index in [0.717, 1.165) is 31.1 Å². The first kappa shape index (κ1) is 20.4. The average molecular weight is 403 g/mol. The normalized spacial score (nSPS) is 15.2. The highest BCUT2D eigenvalue weighted by Crippen LogP contribution is 2.19. The fourth-order valence-electron chi connectivity index (χ4n) is 3.97. The van der Waals surface area contributed by atoms with Gasteiger partial charge in [-0.15, -0.1) is 0 Å². The molecule has 1 aromatic heterocycles. The third kappa shape index (κ3) is 5.36. The van der Waals surface area contributed by atoms with Crippen molar-refractivity contribution in [1.29, 1.82) is 0 Å². The summed E-state index contributed by atoms with van der Waals surface area (Å²) < 4.78 is 1.87. The number of piperidine rings is 1.